The van der Waals surface area contributed by atoms with Gasteiger partial charge in [-0.2, -0.15) is 0 Å². The maximum Gasteiger partial charge on any atom is 0.259 e. The van der Waals surface area contributed by atoms with Gasteiger partial charge in [-0.25, -0.2) is 9.37 Å². The summed E-state index contributed by atoms with van der Waals surface area (Å²) in [4.78, 5) is 19.0. The summed E-state index contributed by atoms with van der Waals surface area (Å²) in [6, 6.07) is 15.0. The Hall–Kier alpha value is -2.73. The summed E-state index contributed by atoms with van der Waals surface area (Å²) in [5.74, 6) is 0.368. The molecule has 0 bridgehead atoms. The van der Waals surface area contributed by atoms with Crippen molar-refractivity contribution in [1.82, 2.24) is 4.98 Å². The van der Waals surface area contributed by atoms with Gasteiger partial charge < -0.3 is 9.64 Å². The van der Waals surface area contributed by atoms with E-state index < -0.39 is 5.82 Å². The Labute approximate surface area is 152 Å². The smallest absolute Gasteiger partial charge is 0.259 e. The van der Waals surface area contributed by atoms with Gasteiger partial charge in [0.1, 0.15) is 5.82 Å². The van der Waals surface area contributed by atoms with Crippen LogP contribution in [0.1, 0.15) is 15.9 Å². The van der Waals surface area contributed by atoms with Crippen LogP contribution in [0.25, 0.3) is 0 Å². The molecule has 0 N–H and O–H groups in total. The van der Waals surface area contributed by atoms with E-state index in [1.54, 1.807) is 23.2 Å². The van der Waals surface area contributed by atoms with Crippen LogP contribution in [0.4, 0.5) is 10.1 Å². The van der Waals surface area contributed by atoms with Gasteiger partial charge in [-0.05, 0) is 52.3 Å². The number of para-hydroxylation sites is 2. The second-order valence-electron chi connectivity index (χ2n) is 5.55. The van der Waals surface area contributed by atoms with E-state index >= 15 is 0 Å². The number of fused-ring (bicyclic) bond motifs is 2. The minimum atomic E-state index is -0.405. The molecule has 0 radical (unpaired) electrons. The summed E-state index contributed by atoms with van der Waals surface area (Å²) < 4.78 is 19.7. The zero-order valence-corrected chi connectivity index (χ0v) is 14.5. The number of pyridine rings is 1. The van der Waals surface area contributed by atoms with Crippen LogP contribution in [0, 0.1) is 5.82 Å². The number of ether oxygens (including phenoxy) is 1. The van der Waals surface area contributed by atoms with Crippen LogP contribution in [0.3, 0.4) is 0 Å². The largest absolute Gasteiger partial charge is 0.436 e. The topological polar surface area (TPSA) is 42.4 Å². The summed E-state index contributed by atoms with van der Waals surface area (Å²) >= 11 is 3.27. The lowest BCUT2D eigenvalue weighted by molar-refractivity contribution is 0.0984. The zero-order chi connectivity index (χ0) is 17.4. The number of aromatic nitrogens is 1. The molecular weight excluding hydrogens is 387 g/mol. The van der Waals surface area contributed by atoms with Gasteiger partial charge >= 0.3 is 0 Å². The summed E-state index contributed by atoms with van der Waals surface area (Å²) in [6.45, 7) is 0.308. The lowest BCUT2D eigenvalue weighted by Crippen LogP contribution is -2.30. The van der Waals surface area contributed by atoms with Gasteiger partial charge in [0.25, 0.3) is 5.91 Å². The van der Waals surface area contributed by atoms with Crippen LogP contribution < -0.4 is 9.64 Å². The van der Waals surface area contributed by atoms with Crippen molar-refractivity contribution in [3.63, 3.8) is 0 Å². The van der Waals surface area contributed by atoms with E-state index in [0.29, 0.717) is 33.9 Å². The van der Waals surface area contributed by atoms with E-state index in [1.807, 2.05) is 24.3 Å². The van der Waals surface area contributed by atoms with Gasteiger partial charge in [-0.15, -0.1) is 0 Å². The van der Waals surface area contributed by atoms with Gasteiger partial charge in [0, 0.05) is 16.2 Å². The van der Waals surface area contributed by atoms with E-state index in [0.717, 1.165) is 5.56 Å². The first-order valence-corrected chi connectivity index (χ1v) is 8.40. The first-order chi connectivity index (χ1) is 12.1. The standard InChI is InChI=1S/C19H12BrFN2O2/c20-15-10-13(21)7-8-14(15)19(24)23-11-12-4-3-9-22-18(12)25-17-6-2-1-5-16(17)23/h1-10H,11H2. The van der Waals surface area contributed by atoms with Crippen LogP contribution in [-0.2, 0) is 6.54 Å². The Morgan fingerprint density at radius 2 is 2.00 bits per heavy atom. The first-order valence-electron chi connectivity index (χ1n) is 7.61. The van der Waals surface area contributed by atoms with Crippen molar-refractivity contribution in [3.05, 3.63) is 82.2 Å². The fourth-order valence-corrected chi connectivity index (χ4v) is 3.27. The second-order valence-corrected chi connectivity index (χ2v) is 6.41. The van der Waals surface area contributed by atoms with E-state index in [1.165, 1.54) is 18.2 Å². The molecule has 1 aliphatic heterocycles. The van der Waals surface area contributed by atoms with Crippen LogP contribution in [0.15, 0.2) is 65.3 Å². The molecule has 0 atom stereocenters. The molecule has 0 unspecified atom stereocenters. The van der Waals surface area contributed by atoms with Crippen molar-refractivity contribution in [3.8, 4) is 11.6 Å². The molecule has 4 rings (SSSR count). The molecule has 1 aromatic heterocycles. The molecule has 2 heterocycles. The predicted octanol–water partition coefficient (Wildman–Crippen LogP) is 4.94. The van der Waals surface area contributed by atoms with Gasteiger partial charge in [-0.3, -0.25) is 4.79 Å². The Kier molecular flexibility index (Phi) is 3.97. The molecule has 4 nitrogen and oxygen atoms in total. The number of halogens is 2. The minimum Gasteiger partial charge on any atom is -0.436 e. The number of anilines is 1. The Balaban J connectivity index is 1.84. The second kappa shape index (κ2) is 6.29. The van der Waals surface area contributed by atoms with Gasteiger partial charge in [0.15, 0.2) is 5.75 Å². The normalized spacial score (nSPS) is 12.6. The molecule has 2 aromatic carbocycles. The zero-order valence-electron chi connectivity index (χ0n) is 12.9. The lowest BCUT2D eigenvalue weighted by atomic mass is 10.1. The molecule has 0 aliphatic carbocycles. The predicted molar refractivity (Wildman–Crippen MR) is 95.4 cm³/mol. The maximum atomic E-state index is 13.4. The molecule has 25 heavy (non-hydrogen) atoms. The van der Waals surface area contributed by atoms with E-state index in [9.17, 15) is 9.18 Å². The third-order valence-electron chi connectivity index (χ3n) is 3.95. The van der Waals surface area contributed by atoms with Crippen LogP contribution in [0.5, 0.6) is 11.6 Å². The molecule has 124 valence electrons. The molecule has 0 saturated carbocycles. The molecule has 3 aromatic rings. The number of benzene rings is 2. The highest BCUT2D eigenvalue weighted by Crippen LogP contribution is 2.38. The average molecular weight is 399 g/mol. The van der Waals surface area contributed by atoms with Gasteiger partial charge in [0.05, 0.1) is 17.8 Å². The molecule has 0 fully saturated rings. The Bertz CT molecular complexity index is 977. The van der Waals surface area contributed by atoms with Crippen molar-refractivity contribution >= 4 is 27.5 Å². The van der Waals surface area contributed by atoms with Crippen LogP contribution in [0.2, 0.25) is 0 Å². The summed E-state index contributed by atoms with van der Waals surface area (Å²) in [5, 5.41) is 0. The number of carbonyl (C=O) groups is 1. The van der Waals surface area contributed by atoms with Crippen molar-refractivity contribution < 1.29 is 13.9 Å². The Morgan fingerprint density at radius 1 is 1.16 bits per heavy atom. The SMILES string of the molecule is O=C(c1ccc(F)cc1Br)N1Cc2cccnc2Oc2ccccc21. The maximum absolute atomic E-state index is 13.4. The molecule has 0 spiro atoms. The number of rotatable bonds is 1. The van der Waals surface area contributed by atoms with Crippen molar-refractivity contribution in [2.45, 2.75) is 6.54 Å². The van der Waals surface area contributed by atoms with Crippen molar-refractivity contribution in [2.75, 3.05) is 4.90 Å². The molecule has 0 saturated heterocycles. The van der Waals surface area contributed by atoms with E-state index in [2.05, 4.69) is 20.9 Å². The van der Waals surface area contributed by atoms with Crippen LogP contribution in [-0.4, -0.2) is 10.9 Å². The summed E-state index contributed by atoms with van der Waals surface area (Å²) in [5.41, 5.74) is 1.82. The monoisotopic (exact) mass is 398 g/mol. The van der Waals surface area contributed by atoms with Crippen molar-refractivity contribution in [1.29, 1.82) is 0 Å². The molecule has 6 heteroatoms. The summed E-state index contributed by atoms with van der Waals surface area (Å²) in [6.07, 6.45) is 1.65. The third kappa shape index (κ3) is 2.89. The van der Waals surface area contributed by atoms with Gasteiger partial charge in [-0.1, -0.05) is 18.2 Å². The fraction of sp³-hybridized carbons (Fsp3) is 0.0526. The number of carbonyl (C=O) groups excluding carboxylic acids is 1. The van der Waals surface area contributed by atoms with Gasteiger partial charge in [0.2, 0.25) is 5.88 Å². The first kappa shape index (κ1) is 15.8. The third-order valence-corrected chi connectivity index (χ3v) is 4.60. The number of hydrogen-bond acceptors (Lipinski definition) is 3. The number of amides is 1. The highest BCUT2D eigenvalue weighted by molar-refractivity contribution is 9.10. The molecular formula is C19H12BrFN2O2. The quantitative estimate of drug-likeness (QED) is 0.583. The Morgan fingerprint density at radius 3 is 2.84 bits per heavy atom. The fourth-order valence-electron chi connectivity index (χ4n) is 2.75. The highest BCUT2D eigenvalue weighted by Gasteiger charge is 2.27. The van der Waals surface area contributed by atoms with Crippen molar-refractivity contribution in [2.24, 2.45) is 0 Å². The lowest BCUT2D eigenvalue weighted by Gasteiger charge is -2.22. The van der Waals surface area contributed by atoms with E-state index in [4.69, 9.17) is 4.74 Å². The average Bonchev–Trinajstić information content (AvgIpc) is 2.78. The minimum absolute atomic E-state index is 0.250. The highest BCUT2D eigenvalue weighted by atomic mass is 79.9. The van der Waals surface area contributed by atoms with E-state index in [-0.39, 0.29) is 5.91 Å². The molecule has 1 aliphatic rings. The summed E-state index contributed by atoms with van der Waals surface area (Å²) in [7, 11) is 0. The number of hydrogen-bond donors (Lipinski definition) is 0. The molecule has 1 amide bonds. The number of nitrogens with zero attached hydrogens (tertiary/aromatic N) is 2. The van der Waals surface area contributed by atoms with Crippen LogP contribution >= 0.6 is 15.9 Å².